The molecule has 0 saturated heterocycles. The fraction of sp³-hybridized carbons (Fsp3) is 0.192. The van der Waals surface area contributed by atoms with Crippen LogP contribution >= 0.6 is 11.6 Å². The highest BCUT2D eigenvalue weighted by molar-refractivity contribution is 6.30. The van der Waals surface area contributed by atoms with E-state index in [2.05, 4.69) is 5.32 Å². The van der Waals surface area contributed by atoms with Gasteiger partial charge in [0.25, 0.3) is 5.56 Å². The lowest BCUT2D eigenvalue weighted by molar-refractivity contribution is -0.116. The van der Waals surface area contributed by atoms with Crippen LogP contribution < -0.4 is 16.6 Å². The lowest BCUT2D eigenvalue weighted by Gasteiger charge is -2.16. The fourth-order valence-electron chi connectivity index (χ4n) is 4.14. The van der Waals surface area contributed by atoms with Crippen LogP contribution in [0.5, 0.6) is 0 Å². The van der Waals surface area contributed by atoms with Crippen molar-refractivity contribution in [3.8, 4) is 0 Å². The molecule has 0 aliphatic carbocycles. The Hall–Kier alpha value is -3.64. The summed E-state index contributed by atoms with van der Waals surface area (Å²) in [6, 6.07) is 17.8. The predicted octanol–water partition coefficient (Wildman–Crippen LogP) is 4.43. The lowest BCUT2D eigenvalue weighted by Crippen LogP contribution is -2.42. The number of fused-ring (bicyclic) bond motifs is 1. The van der Waals surface area contributed by atoms with E-state index in [1.807, 2.05) is 32.9 Å². The lowest BCUT2D eigenvalue weighted by atomic mass is 10.1. The Bertz CT molecular complexity index is 1460. The van der Waals surface area contributed by atoms with Gasteiger partial charge in [0.15, 0.2) is 0 Å². The van der Waals surface area contributed by atoms with Crippen molar-refractivity contribution in [2.24, 2.45) is 0 Å². The molecule has 0 saturated carbocycles. The molecule has 0 aliphatic heterocycles. The second-order valence-electron chi connectivity index (χ2n) is 8.23. The maximum atomic E-state index is 13.4. The van der Waals surface area contributed by atoms with Gasteiger partial charge in [0, 0.05) is 10.7 Å². The molecule has 1 heterocycles. The van der Waals surface area contributed by atoms with E-state index in [1.165, 1.54) is 4.57 Å². The molecule has 1 N–H and O–H groups in total. The minimum absolute atomic E-state index is 0.0808. The summed E-state index contributed by atoms with van der Waals surface area (Å²) < 4.78 is 2.50. The Morgan fingerprint density at radius 3 is 2.21 bits per heavy atom. The molecule has 0 fully saturated rings. The van der Waals surface area contributed by atoms with E-state index in [4.69, 9.17) is 11.6 Å². The van der Waals surface area contributed by atoms with E-state index in [-0.39, 0.29) is 19.0 Å². The number of halogens is 1. The van der Waals surface area contributed by atoms with Crippen LogP contribution in [0.25, 0.3) is 10.9 Å². The number of rotatable bonds is 5. The summed E-state index contributed by atoms with van der Waals surface area (Å²) in [5.41, 5.74) is 3.99. The number of carbonyl (C=O) groups is 1. The van der Waals surface area contributed by atoms with E-state index < -0.39 is 11.2 Å². The van der Waals surface area contributed by atoms with Gasteiger partial charge in [-0.3, -0.25) is 18.7 Å². The third kappa shape index (κ3) is 4.61. The van der Waals surface area contributed by atoms with Gasteiger partial charge in [-0.2, -0.15) is 0 Å². The van der Waals surface area contributed by atoms with Crippen molar-refractivity contribution in [3.05, 3.63) is 109 Å². The van der Waals surface area contributed by atoms with Crippen LogP contribution in [-0.2, 0) is 17.9 Å². The molecule has 1 amide bonds. The van der Waals surface area contributed by atoms with Crippen molar-refractivity contribution in [3.63, 3.8) is 0 Å². The number of anilines is 1. The number of hydrogen-bond donors (Lipinski definition) is 1. The van der Waals surface area contributed by atoms with Crippen molar-refractivity contribution in [2.75, 3.05) is 5.32 Å². The van der Waals surface area contributed by atoms with Gasteiger partial charge in [0.1, 0.15) is 6.54 Å². The van der Waals surface area contributed by atoms with Crippen molar-refractivity contribution >= 4 is 34.1 Å². The Kier molecular flexibility index (Phi) is 6.20. The third-order valence-corrected chi connectivity index (χ3v) is 5.88. The Morgan fingerprint density at radius 2 is 1.55 bits per heavy atom. The summed E-state index contributed by atoms with van der Waals surface area (Å²) in [6.07, 6.45) is 0. The first-order valence-electron chi connectivity index (χ1n) is 10.6. The zero-order chi connectivity index (χ0) is 23.7. The molecule has 168 valence electrons. The molecule has 6 nitrogen and oxygen atoms in total. The normalized spacial score (nSPS) is 11.0. The quantitative estimate of drug-likeness (QED) is 0.478. The summed E-state index contributed by atoms with van der Waals surface area (Å²) in [7, 11) is 0. The average Bonchev–Trinajstić information content (AvgIpc) is 2.78. The van der Waals surface area contributed by atoms with E-state index in [1.54, 1.807) is 48.5 Å². The number of amides is 1. The number of hydrogen-bond acceptors (Lipinski definition) is 3. The van der Waals surface area contributed by atoms with Crippen LogP contribution in [0.4, 0.5) is 5.69 Å². The molecule has 0 atom stereocenters. The molecular weight excluding hydrogens is 438 g/mol. The van der Waals surface area contributed by atoms with Crippen molar-refractivity contribution in [2.45, 2.75) is 33.9 Å². The summed E-state index contributed by atoms with van der Waals surface area (Å²) in [5, 5.41) is 3.88. The first-order valence-corrected chi connectivity index (χ1v) is 11.0. The average molecular weight is 462 g/mol. The smallest absolute Gasteiger partial charge is 0.324 e. The number of carbonyl (C=O) groups excluding carboxylic acids is 1. The zero-order valence-corrected chi connectivity index (χ0v) is 19.4. The fourth-order valence-corrected chi connectivity index (χ4v) is 4.26. The highest BCUT2D eigenvalue weighted by Gasteiger charge is 2.16. The van der Waals surface area contributed by atoms with Crippen LogP contribution in [0.2, 0.25) is 5.02 Å². The van der Waals surface area contributed by atoms with Crippen LogP contribution in [0.1, 0.15) is 22.3 Å². The maximum absolute atomic E-state index is 13.4. The predicted molar refractivity (Wildman–Crippen MR) is 132 cm³/mol. The first-order chi connectivity index (χ1) is 15.7. The topological polar surface area (TPSA) is 73.1 Å². The number of nitrogens with one attached hydrogen (secondary N) is 1. The molecule has 4 aromatic rings. The molecule has 0 bridgehead atoms. The Balaban J connectivity index is 1.75. The van der Waals surface area contributed by atoms with Crippen molar-refractivity contribution in [1.82, 2.24) is 9.13 Å². The van der Waals surface area contributed by atoms with E-state index >= 15 is 0 Å². The third-order valence-electron chi connectivity index (χ3n) is 5.63. The first kappa shape index (κ1) is 22.6. The van der Waals surface area contributed by atoms with E-state index in [0.717, 1.165) is 32.5 Å². The monoisotopic (exact) mass is 461 g/mol. The molecule has 1 aromatic heterocycles. The largest absolute Gasteiger partial charge is 0.332 e. The molecule has 0 radical (unpaired) electrons. The van der Waals surface area contributed by atoms with Crippen LogP contribution in [0.3, 0.4) is 0 Å². The summed E-state index contributed by atoms with van der Waals surface area (Å²) in [5.74, 6) is -0.339. The van der Waals surface area contributed by atoms with Crippen molar-refractivity contribution in [1.29, 1.82) is 0 Å². The van der Waals surface area contributed by atoms with Crippen LogP contribution in [-0.4, -0.2) is 15.0 Å². The van der Waals surface area contributed by atoms with E-state index in [9.17, 15) is 14.4 Å². The molecule has 7 heteroatoms. The molecule has 0 aliphatic rings. The van der Waals surface area contributed by atoms with Gasteiger partial charge in [0.2, 0.25) is 5.91 Å². The number of aryl methyl sites for hydroxylation is 3. The van der Waals surface area contributed by atoms with Gasteiger partial charge in [-0.15, -0.1) is 0 Å². The van der Waals surface area contributed by atoms with Gasteiger partial charge < -0.3 is 5.32 Å². The molecule has 0 unspecified atom stereocenters. The number of nitrogens with zero attached hydrogens (tertiary/aromatic N) is 2. The van der Waals surface area contributed by atoms with Gasteiger partial charge in [-0.1, -0.05) is 53.6 Å². The van der Waals surface area contributed by atoms with Gasteiger partial charge in [0.05, 0.1) is 17.4 Å². The summed E-state index contributed by atoms with van der Waals surface area (Å²) >= 11 is 5.96. The minimum atomic E-state index is -0.541. The molecular formula is C26H24ClN3O3. The van der Waals surface area contributed by atoms with Gasteiger partial charge in [-0.05, 0) is 61.7 Å². The van der Waals surface area contributed by atoms with E-state index in [0.29, 0.717) is 15.9 Å². The standard InChI is InChI=1S/C26H24ClN3O3/c1-16-12-17(2)24(18(3)13-16)28-23(31)15-29-22-7-5-4-6-21(22)25(32)30(26(29)33)14-19-8-10-20(27)11-9-19/h4-13H,14-15H2,1-3H3,(H,28,31). The highest BCUT2D eigenvalue weighted by atomic mass is 35.5. The van der Waals surface area contributed by atoms with Gasteiger partial charge >= 0.3 is 5.69 Å². The van der Waals surface area contributed by atoms with Crippen LogP contribution in [0.15, 0.2) is 70.3 Å². The Morgan fingerprint density at radius 1 is 0.909 bits per heavy atom. The summed E-state index contributed by atoms with van der Waals surface area (Å²) in [6.45, 7) is 5.73. The molecule has 33 heavy (non-hydrogen) atoms. The number of aromatic nitrogens is 2. The number of para-hydroxylation sites is 1. The maximum Gasteiger partial charge on any atom is 0.332 e. The molecule has 0 spiro atoms. The zero-order valence-electron chi connectivity index (χ0n) is 18.7. The van der Waals surface area contributed by atoms with Crippen LogP contribution in [0, 0.1) is 20.8 Å². The molecule has 3 aromatic carbocycles. The SMILES string of the molecule is Cc1cc(C)c(NC(=O)Cn2c(=O)n(Cc3ccc(Cl)cc3)c(=O)c3ccccc32)c(C)c1. The molecule has 4 rings (SSSR count). The second-order valence-corrected chi connectivity index (χ2v) is 8.66. The minimum Gasteiger partial charge on any atom is -0.324 e. The van der Waals surface area contributed by atoms with Gasteiger partial charge in [-0.25, -0.2) is 4.79 Å². The van der Waals surface area contributed by atoms with Crippen molar-refractivity contribution < 1.29 is 4.79 Å². The highest BCUT2D eigenvalue weighted by Crippen LogP contribution is 2.22. The Labute approximate surface area is 196 Å². The number of benzene rings is 3. The second kappa shape index (κ2) is 9.08. The summed E-state index contributed by atoms with van der Waals surface area (Å²) in [4.78, 5) is 39.4.